The van der Waals surface area contributed by atoms with Crippen LogP contribution in [0.5, 0.6) is 0 Å². The van der Waals surface area contributed by atoms with Crippen molar-refractivity contribution in [3.05, 3.63) is 29.4 Å². The second-order valence-corrected chi connectivity index (χ2v) is 4.27. The predicted octanol–water partition coefficient (Wildman–Crippen LogP) is 2.47. The number of hydrogen-bond donors (Lipinski definition) is 1. The SMILES string of the molecule is CC(=O)Nc1nc(-c2ccc(C)nc2)cs1. The Balaban J connectivity index is 2.24. The number of rotatable bonds is 2. The molecule has 0 fully saturated rings. The summed E-state index contributed by atoms with van der Waals surface area (Å²) in [6.45, 7) is 3.40. The zero-order valence-corrected chi connectivity index (χ0v) is 9.84. The normalized spacial score (nSPS) is 10.1. The summed E-state index contributed by atoms with van der Waals surface area (Å²) in [5.41, 5.74) is 2.76. The minimum absolute atomic E-state index is 0.108. The van der Waals surface area contributed by atoms with E-state index in [0.29, 0.717) is 5.13 Å². The molecule has 5 heteroatoms. The average Bonchev–Trinajstić information content (AvgIpc) is 2.66. The number of nitrogens with zero attached hydrogens (tertiary/aromatic N) is 2. The van der Waals surface area contributed by atoms with Crippen molar-refractivity contribution in [2.75, 3.05) is 5.32 Å². The maximum absolute atomic E-state index is 10.8. The molecule has 0 radical (unpaired) electrons. The molecule has 2 aromatic heterocycles. The summed E-state index contributed by atoms with van der Waals surface area (Å²) < 4.78 is 0. The van der Waals surface area contributed by atoms with Gasteiger partial charge in [-0.3, -0.25) is 9.78 Å². The van der Waals surface area contributed by atoms with E-state index in [2.05, 4.69) is 15.3 Å². The number of carbonyl (C=O) groups excluding carboxylic acids is 1. The van der Waals surface area contributed by atoms with Gasteiger partial charge < -0.3 is 5.32 Å². The van der Waals surface area contributed by atoms with E-state index < -0.39 is 0 Å². The van der Waals surface area contributed by atoms with E-state index in [4.69, 9.17) is 0 Å². The third-order valence-electron chi connectivity index (χ3n) is 1.99. The Morgan fingerprint density at radius 2 is 2.25 bits per heavy atom. The predicted molar refractivity (Wildman–Crippen MR) is 64.4 cm³/mol. The Morgan fingerprint density at radius 3 is 2.88 bits per heavy atom. The third-order valence-corrected chi connectivity index (χ3v) is 2.75. The molecule has 0 aliphatic carbocycles. The Kier molecular flexibility index (Phi) is 2.96. The summed E-state index contributed by atoms with van der Waals surface area (Å²) >= 11 is 1.41. The monoisotopic (exact) mass is 233 g/mol. The van der Waals surface area contributed by atoms with Gasteiger partial charge in [0.15, 0.2) is 5.13 Å². The lowest BCUT2D eigenvalue weighted by Gasteiger charge is -1.96. The van der Waals surface area contributed by atoms with Crippen LogP contribution in [0.25, 0.3) is 11.3 Å². The molecule has 2 aromatic rings. The molecule has 2 rings (SSSR count). The standard InChI is InChI=1S/C11H11N3OS/c1-7-3-4-9(5-12-7)10-6-16-11(14-10)13-8(2)15/h3-6H,1-2H3,(H,13,14,15). The zero-order valence-electron chi connectivity index (χ0n) is 9.02. The summed E-state index contributed by atoms with van der Waals surface area (Å²) in [5.74, 6) is -0.108. The van der Waals surface area contributed by atoms with Crippen molar-refractivity contribution in [1.82, 2.24) is 9.97 Å². The molecule has 82 valence electrons. The van der Waals surface area contributed by atoms with Gasteiger partial charge in [0, 0.05) is 29.8 Å². The first-order valence-corrected chi connectivity index (χ1v) is 5.69. The van der Waals surface area contributed by atoms with E-state index in [9.17, 15) is 4.79 Å². The Labute approximate surface area is 97.4 Å². The van der Waals surface area contributed by atoms with Gasteiger partial charge in [-0.15, -0.1) is 11.3 Å². The van der Waals surface area contributed by atoms with Crippen LogP contribution in [0.4, 0.5) is 5.13 Å². The number of aryl methyl sites for hydroxylation is 1. The molecule has 0 saturated carbocycles. The molecule has 0 spiro atoms. The van der Waals surface area contributed by atoms with E-state index in [1.807, 2.05) is 24.4 Å². The highest BCUT2D eigenvalue weighted by Crippen LogP contribution is 2.24. The number of anilines is 1. The molecule has 0 bridgehead atoms. The van der Waals surface area contributed by atoms with Crippen LogP contribution in [0.1, 0.15) is 12.6 Å². The van der Waals surface area contributed by atoms with Gasteiger partial charge in [-0.2, -0.15) is 0 Å². The first kappa shape index (κ1) is 10.8. The fourth-order valence-corrected chi connectivity index (χ4v) is 2.00. The van der Waals surface area contributed by atoms with Crippen LogP contribution >= 0.6 is 11.3 Å². The molecular formula is C11H11N3OS. The molecule has 1 amide bonds. The molecule has 0 saturated heterocycles. The minimum Gasteiger partial charge on any atom is -0.302 e. The fraction of sp³-hybridized carbons (Fsp3) is 0.182. The van der Waals surface area contributed by atoms with E-state index in [1.165, 1.54) is 18.3 Å². The topological polar surface area (TPSA) is 54.9 Å². The summed E-state index contributed by atoms with van der Waals surface area (Å²) in [4.78, 5) is 19.3. The van der Waals surface area contributed by atoms with Gasteiger partial charge in [0.2, 0.25) is 5.91 Å². The van der Waals surface area contributed by atoms with Gasteiger partial charge in [0.05, 0.1) is 5.69 Å². The van der Waals surface area contributed by atoms with Crippen LogP contribution in [-0.4, -0.2) is 15.9 Å². The highest BCUT2D eigenvalue weighted by Gasteiger charge is 2.05. The van der Waals surface area contributed by atoms with Gasteiger partial charge in [-0.05, 0) is 19.1 Å². The maximum Gasteiger partial charge on any atom is 0.223 e. The van der Waals surface area contributed by atoms with Crippen molar-refractivity contribution >= 4 is 22.4 Å². The minimum atomic E-state index is -0.108. The maximum atomic E-state index is 10.8. The van der Waals surface area contributed by atoms with Gasteiger partial charge in [0.1, 0.15) is 0 Å². The molecule has 4 nitrogen and oxygen atoms in total. The second-order valence-electron chi connectivity index (χ2n) is 3.41. The summed E-state index contributed by atoms with van der Waals surface area (Å²) in [5, 5.41) is 5.17. The van der Waals surface area contributed by atoms with Crippen LogP contribution in [0.2, 0.25) is 0 Å². The van der Waals surface area contributed by atoms with Gasteiger partial charge in [-0.1, -0.05) is 0 Å². The largest absolute Gasteiger partial charge is 0.302 e. The molecule has 0 aromatic carbocycles. The molecule has 16 heavy (non-hydrogen) atoms. The van der Waals surface area contributed by atoms with Crippen LogP contribution in [0, 0.1) is 6.92 Å². The smallest absolute Gasteiger partial charge is 0.223 e. The molecule has 0 aliphatic heterocycles. The van der Waals surface area contributed by atoms with Crippen LogP contribution < -0.4 is 5.32 Å². The molecular weight excluding hydrogens is 222 g/mol. The third kappa shape index (κ3) is 2.43. The number of hydrogen-bond acceptors (Lipinski definition) is 4. The molecule has 1 N–H and O–H groups in total. The quantitative estimate of drug-likeness (QED) is 0.867. The van der Waals surface area contributed by atoms with E-state index in [-0.39, 0.29) is 5.91 Å². The van der Waals surface area contributed by atoms with Gasteiger partial charge in [0.25, 0.3) is 0 Å². The van der Waals surface area contributed by atoms with Crippen molar-refractivity contribution in [1.29, 1.82) is 0 Å². The fourth-order valence-electron chi connectivity index (χ4n) is 1.23. The van der Waals surface area contributed by atoms with Crippen molar-refractivity contribution in [3.63, 3.8) is 0 Å². The average molecular weight is 233 g/mol. The highest BCUT2D eigenvalue weighted by atomic mass is 32.1. The number of pyridine rings is 1. The molecule has 0 unspecified atom stereocenters. The van der Waals surface area contributed by atoms with E-state index >= 15 is 0 Å². The highest BCUT2D eigenvalue weighted by molar-refractivity contribution is 7.14. The van der Waals surface area contributed by atoms with Crippen molar-refractivity contribution in [2.45, 2.75) is 13.8 Å². The Hall–Kier alpha value is -1.75. The van der Waals surface area contributed by atoms with Crippen molar-refractivity contribution < 1.29 is 4.79 Å². The Morgan fingerprint density at radius 1 is 1.44 bits per heavy atom. The molecule has 0 atom stereocenters. The number of thiazole rings is 1. The molecule has 0 aliphatic rings. The van der Waals surface area contributed by atoms with E-state index in [0.717, 1.165) is 17.0 Å². The zero-order chi connectivity index (χ0) is 11.5. The lowest BCUT2D eigenvalue weighted by molar-refractivity contribution is -0.114. The van der Waals surface area contributed by atoms with Crippen LogP contribution in [-0.2, 0) is 4.79 Å². The van der Waals surface area contributed by atoms with Gasteiger partial charge >= 0.3 is 0 Å². The summed E-state index contributed by atoms with van der Waals surface area (Å²) in [6.07, 6.45) is 1.78. The number of amides is 1. The summed E-state index contributed by atoms with van der Waals surface area (Å²) in [7, 11) is 0. The molecule has 2 heterocycles. The first-order chi connectivity index (χ1) is 7.65. The second kappa shape index (κ2) is 4.40. The van der Waals surface area contributed by atoms with Crippen molar-refractivity contribution in [2.24, 2.45) is 0 Å². The van der Waals surface area contributed by atoms with Gasteiger partial charge in [-0.25, -0.2) is 4.98 Å². The number of carbonyl (C=O) groups is 1. The van der Waals surface area contributed by atoms with Crippen LogP contribution in [0.3, 0.4) is 0 Å². The number of nitrogens with one attached hydrogen (secondary N) is 1. The summed E-state index contributed by atoms with van der Waals surface area (Å²) in [6, 6.07) is 3.90. The first-order valence-electron chi connectivity index (χ1n) is 4.81. The lowest BCUT2D eigenvalue weighted by atomic mass is 10.2. The number of aromatic nitrogens is 2. The van der Waals surface area contributed by atoms with Crippen molar-refractivity contribution in [3.8, 4) is 11.3 Å². The van der Waals surface area contributed by atoms with E-state index in [1.54, 1.807) is 6.20 Å². The Bertz CT molecular complexity index is 504. The van der Waals surface area contributed by atoms with Crippen LogP contribution in [0.15, 0.2) is 23.7 Å². The lowest BCUT2D eigenvalue weighted by Crippen LogP contribution is -2.04.